The first kappa shape index (κ1) is 19.1. The summed E-state index contributed by atoms with van der Waals surface area (Å²) in [4.78, 5) is 19.6. The molecule has 148 valence electrons. The number of anilines is 1. The Balaban J connectivity index is 1.63. The van der Waals surface area contributed by atoms with Gasteiger partial charge in [0.2, 0.25) is 0 Å². The predicted molar refractivity (Wildman–Crippen MR) is 111 cm³/mol. The monoisotopic (exact) mass is 418 g/mol. The van der Waals surface area contributed by atoms with Crippen molar-refractivity contribution in [3.8, 4) is 0 Å². The minimum absolute atomic E-state index is 0.219. The molecule has 4 rings (SSSR count). The van der Waals surface area contributed by atoms with Crippen LogP contribution < -0.4 is 10.5 Å². The maximum absolute atomic E-state index is 13.2. The first-order valence-electron chi connectivity index (χ1n) is 9.08. The lowest BCUT2D eigenvalue weighted by atomic mass is 10.1. The van der Waals surface area contributed by atoms with Gasteiger partial charge >= 0.3 is 0 Å². The van der Waals surface area contributed by atoms with Gasteiger partial charge in [0.1, 0.15) is 0 Å². The van der Waals surface area contributed by atoms with Crippen LogP contribution in [-0.4, -0.2) is 48.3 Å². The molecule has 0 radical (unpaired) electrons. The summed E-state index contributed by atoms with van der Waals surface area (Å²) in [6.07, 6.45) is 1.56. The fourth-order valence-corrected chi connectivity index (χ4v) is 6.03. The first-order chi connectivity index (χ1) is 13.3. The predicted octanol–water partition coefficient (Wildman–Crippen LogP) is 2.19. The summed E-state index contributed by atoms with van der Waals surface area (Å²) in [5.41, 5.74) is 3.28. The Bertz CT molecular complexity index is 1210. The third-order valence-corrected chi connectivity index (χ3v) is 8.14. The Labute approximate surface area is 167 Å². The number of sulfonamides is 1. The molecule has 1 saturated heterocycles. The zero-order valence-electron chi connectivity index (χ0n) is 16.0. The summed E-state index contributed by atoms with van der Waals surface area (Å²) < 4.78 is 29.1. The molecule has 0 atom stereocenters. The van der Waals surface area contributed by atoms with Crippen LogP contribution in [0.3, 0.4) is 0 Å². The van der Waals surface area contributed by atoms with E-state index in [1.54, 1.807) is 18.5 Å². The Hall–Kier alpha value is -2.23. The highest BCUT2D eigenvalue weighted by molar-refractivity contribution is 7.89. The lowest BCUT2D eigenvalue weighted by Gasteiger charge is -2.36. The van der Waals surface area contributed by atoms with Crippen LogP contribution in [-0.2, 0) is 10.0 Å². The fraction of sp³-hybridized carbons (Fsp3) is 0.368. The zero-order valence-corrected chi connectivity index (χ0v) is 17.7. The Morgan fingerprint density at radius 1 is 1.07 bits per heavy atom. The molecule has 0 bridgehead atoms. The standard InChI is InChI=1S/C19H22N4O3S2/c1-13-5-4-6-16(14(13)2)21-7-9-22(10-8-21)28(25,26)17-15(3)20-19-23(18(17)24)11-12-27-19/h4-6,11-12H,7-10H2,1-3H3. The number of thiazole rings is 1. The van der Waals surface area contributed by atoms with Gasteiger partial charge in [-0.05, 0) is 38.0 Å². The fourth-order valence-electron chi connectivity index (χ4n) is 3.64. The van der Waals surface area contributed by atoms with Crippen LogP contribution in [0.5, 0.6) is 0 Å². The van der Waals surface area contributed by atoms with Crippen LogP contribution in [0.4, 0.5) is 5.69 Å². The van der Waals surface area contributed by atoms with Crippen molar-refractivity contribution in [1.82, 2.24) is 13.7 Å². The zero-order chi connectivity index (χ0) is 20.1. The van der Waals surface area contributed by atoms with E-state index in [1.807, 2.05) is 6.07 Å². The summed E-state index contributed by atoms with van der Waals surface area (Å²) in [6, 6.07) is 6.16. The van der Waals surface area contributed by atoms with Crippen molar-refractivity contribution in [3.05, 3.63) is 57.0 Å². The van der Waals surface area contributed by atoms with Crippen molar-refractivity contribution < 1.29 is 8.42 Å². The molecule has 1 aliphatic heterocycles. The molecule has 3 aromatic rings. The average Bonchev–Trinajstić information content (AvgIpc) is 3.12. The second kappa shape index (κ2) is 6.98. The topological polar surface area (TPSA) is 75.0 Å². The Morgan fingerprint density at radius 3 is 2.50 bits per heavy atom. The van der Waals surface area contributed by atoms with E-state index in [4.69, 9.17) is 0 Å². The van der Waals surface area contributed by atoms with Gasteiger partial charge in [0.05, 0.1) is 5.69 Å². The highest BCUT2D eigenvalue weighted by Gasteiger charge is 2.33. The third-order valence-electron chi connectivity index (χ3n) is 5.35. The van der Waals surface area contributed by atoms with Crippen molar-refractivity contribution in [1.29, 1.82) is 0 Å². The maximum Gasteiger partial charge on any atom is 0.279 e. The lowest BCUT2D eigenvalue weighted by Crippen LogP contribution is -2.50. The van der Waals surface area contributed by atoms with Gasteiger partial charge in [-0.3, -0.25) is 9.20 Å². The number of fused-ring (bicyclic) bond motifs is 1. The molecule has 7 nitrogen and oxygen atoms in total. The second-order valence-electron chi connectivity index (χ2n) is 7.00. The first-order valence-corrected chi connectivity index (χ1v) is 11.4. The van der Waals surface area contributed by atoms with E-state index >= 15 is 0 Å². The van der Waals surface area contributed by atoms with E-state index in [0.29, 0.717) is 31.1 Å². The molecule has 0 N–H and O–H groups in total. The number of hydrogen-bond donors (Lipinski definition) is 0. The molecule has 1 aliphatic rings. The Morgan fingerprint density at radius 2 is 1.79 bits per heavy atom. The molecule has 3 heterocycles. The van der Waals surface area contributed by atoms with Crippen molar-refractivity contribution in [2.45, 2.75) is 25.7 Å². The van der Waals surface area contributed by atoms with E-state index in [0.717, 1.165) is 5.69 Å². The summed E-state index contributed by atoms with van der Waals surface area (Å²) in [5.74, 6) is 0. The second-order valence-corrected chi connectivity index (χ2v) is 9.75. The van der Waals surface area contributed by atoms with Crippen LogP contribution in [0.25, 0.3) is 4.96 Å². The van der Waals surface area contributed by atoms with E-state index in [1.165, 1.54) is 31.2 Å². The lowest BCUT2D eigenvalue weighted by molar-refractivity contribution is 0.383. The highest BCUT2D eigenvalue weighted by atomic mass is 32.2. The number of aromatic nitrogens is 2. The van der Waals surface area contributed by atoms with Crippen LogP contribution in [0, 0.1) is 20.8 Å². The maximum atomic E-state index is 13.2. The number of hydrogen-bond acceptors (Lipinski definition) is 6. The van der Waals surface area contributed by atoms with Crippen molar-refractivity contribution in [2.24, 2.45) is 0 Å². The van der Waals surface area contributed by atoms with Crippen LogP contribution in [0.2, 0.25) is 0 Å². The molecule has 0 amide bonds. The third kappa shape index (κ3) is 3.03. The summed E-state index contributed by atoms with van der Waals surface area (Å²) in [6.45, 7) is 7.57. The van der Waals surface area contributed by atoms with Crippen molar-refractivity contribution >= 4 is 32.0 Å². The van der Waals surface area contributed by atoms with Crippen LogP contribution in [0.1, 0.15) is 16.8 Å². The van der Waals surface area contributed by atoms with Crippen LogP contribution >= 0.6 is 11.3 Å². The molecule has 2 aromatic heterocycles. The summed E-state index contributed by atoms with van der Waals surface area (Å²) >= 11 is 1.31. The minimum Gasteiger partial charge on any atom is -0.369 e. The Kier molecular flexibility index (Phi) is 4.76. The minimum atomic E-state index is -3.90. The van der Waals surface area contributed by atoms with Gasteiger partial charge in [-0.25, -0.2) is 13.4 Å². The molecule has 0 spiro atoms. The number of benzene rings is 1. The molecule has 0 saturated carbocycles. The average molecular weight is 419 g/mol. The molecule has 1 aromatic carbocycles. The molecule has 9 heteroatoms. The molecule has 28 heavy (non-hydrogen) atoms. The van der Waals surface area contributed by atoms with Gasteiger partial charge in [0, 0.05) is 43.4 Å². The quantitative estimate of drug-likeness (QED) is 0.652. The van der Waals surface area contributed by atoms with Gasteiger partial charge in [0.15, 0.2) is 9.86 Å². The smallest absolute Gasteiger partial charge is 0.279 e. The van der Waals surface area contributed by atoms with Crippen molar-refractivity contribution in [2.75, 3.05) is 31.1 Å². The number of nitrogens with zero attached hydrogens (tertiary/aromatic N) is 4. The molecule has 0 unspecified atom stereocenters. The molecule has 0 aliphatic carbocycles. The largest absolute Gasteiger partial charge is 0.369 e. The normalized spacial score (nSPS) is 16.0. The molecule has 1 fully saturated rings. The SMILES string of the molecule is Cc1cccc(N2CCN(S(=O)(=O)c3c(C)nc4sccn4c3=O)CC2)c1C. The van der Waals surface area contributed by atoms with E-state index in [-0.39, 0.29) is 10.6 Å². The number of piperazine rings is 1. The number of aryl methyl sites for hydroxylation is 2. The van der Waals surface area contributed by atoms with Gasteiger partial charge < -0.3 is 4.90 Å². The van der Waals surface area contributed by atoms with E-state index in [9.17, 15) is 13.2 Å². The van der Waals surface area contributed by atoms with Gasteiger partial charge in [-0.1, -0.05) is 12.1 Å². The molecular weight excluding hydrogens is 396 g/mol. The van der Waals surface area contributed by atoms with Crippen molar-refractivity contribution in [3.63, 3.8) is 0 Å². The van der Waals surface area contributed by atoms with E-state index in [2.05, 4.69) is 35.9 Å². The van der Waals surface area contributed by atoms with Crippen LogP contribution in [0.15, 0.2) is 39.5 Å². The highest BCUT2D eigenvalue weighted by Crippen LogP contribution is 2.25. The summed E-state index contributed by atoms with van der Waals surface area (Å²) in [7, 11) is -3.90. The van der Waals surface area contributed by atoms with Gasteiger partial charge in [-0.15, -0.1) is 11.3 Å². The van der Waals surface area contributed by atoms with Gasteiger partial charge in [-0.2, -0.15) is 4.31 Å². The van der Waals surface area contributed by atoms with E-state index < -0.39 is 15.6 Å². The molecular formula is C19H22N4O3S2. The summed E-state index contributed by atoms with van der Waals surface area (Å²) in [5, 5.41) is 1.72. The van der Waals surface area contributed by atoms with Gasteiger partial charge in [0.25, 0.3) is 15.6 Å². The number of rotatable bonds is 3.